The van der Waals surface area contributed by atoms with Crippen molar-refractivity contribution >= 4 is 11.4 Å². The van der Waals surface area contributed by atoms with Gasteiger partial charge in [0, 0.05) is 24.7 Å². The number of anilines is 2. The van der Waals surface area contributed by atoms with Crippen LogP contribution < -0.4 is 26.4 Å². The summed E-state index contributed by atoms with van der Waals surface area (Å²) >= 11 is 0. The molecule has 0 aromatic heterocycles. The lowest BCUT2D eigenvalue weighted by atomic mass is 9.76. The van der Waals surface area contributed by atoms with Gasteiger partial charge in [-0.3, -0.25) is 14.7 Å². The summed E-state index contributed by atoms with van der Waals surface area (Å²) < 4.78 is 49.8. The number of alkyl halides is 3. The molecule has 1 saturated carbocycles. The van der Waals surface area contributed by atoms with Gasteiger partial charge < -0.3 is 36.1 Å². The van der Waals surface area contributed by atoms with E-state index in [0.717, 1.165) is 55.9 Å². The third kappa shape index (κ3) is 5.47. The minimum absolute atomic E-state index is 0.0462. The van der Waals surface area contributed by atoms with Crippen LogP contribution in [0.2, 0.25) is 0 Å². The highest BCUT2D eigenvalue weighted by atomic mass is 19.4. The summed E-state index contributed by atoms with van der Waals surface area (Å²) in [6.45, 7) is 7.17. The second kappa shape index (κ2) is 11.1. The molecule has 0 amide bonds. The number of benzene rings is 1. The zero-order chi connectivity index (χ0) is 32.1. The Balaban J connectivity index is 0.922. The van der Waals surface area contributed by atoms with Crippen LogP contribution in [0.4, 0.5) is 24.5 Å². The highest BCUT2D eigenvalue weighted by Gasteiger charge is 2.77. The molecule has 1 aromatic rings. The Morgan fingerprint density at radius 1 is 1.11 bits per heavy atom. The zero-order valence-electron chi connectivity index (χ0n) is 26.5. The number of aliphatic hydroxyl groups excluding tert-OH is 2. The Bertz CT molecular complexity index is 1260. The number of nitrogens with zero attached hydrogens (tertiary/aromatic N) is 4. The number of halogens is 3. The molecule has 0 radical (unpaired) electrons. The lowest BCUT2D eigenvalue weighted by molar-refractivity contribution is -1.15. The largest absolute Gasteiger partial charge is 0.573 e. The summed E-state index contributed by atoms with van der Waals surface area (Å²) in [4.78, 5) is 4.79. The van der Waals surface area contributed by atoms with Gasteiger partial charge in [-0.15, -0.1) is 13.2 Å². The summed E-state index contributed by atoms with van der Waals surface area (Å²) in [5, 5.41) is 32.7. The number of fused-ring (bicyclic) bond motifs is 1. The average molecular weight is 643 g/mol. The van der Waals surface area contributed by atoms with Crippen LogP contribution in [-0.4, -0.2) is 137 Å². The SMILES string of the molecule is CC(C)N(C[C@H]1O[C@@H]([N+]23CN(C2)C2C(N)NC[N+](C)(C)C23)[C@H](O)[C@@H]1O)C1CC(CCC2Nc3ccc(OC(F)(F)F)cc3N2)C1. The van der Waals surface area contributed by atoms with Gasteiger partial charge in [-0.05, 0) is 57.6 Å². The van der Waals surface area contributed by atoms with Crippen molar-refractivity contribution in [2.75, 3.05) is 51.3 Å². The first-order chi connectivity index (χ1) is 21.1. The van der Waals surface area contributed by atoms with E-state index in [0.29, 0.717) is 28.7 Å². The summed E-state index contributed by atoms with van der Waals surface area (Å²) in [6, 6.07) is 5.08. The van der Waals surface area contributed by atoms with E-state index in [1.54, 1.807) is 6.07 Å². The quantitative estimate of drug-likeness (QED) is 0.219. The number of nitrogens with one attached hydrogen (secondary N) is 3. The smallest absolute Gasteiger partial charge is 0.406 e. The maximum atomic E-state index is 12.6. The van der Waals surface area contributed by atoms with Crippen LogP contribution in [0, 0.1) is 5.92 Å². The van der Waals surface area contributed by atoms with Crippen molar-refractivity contribution in [3.8, 4) is 5.75 Å². The molecule has 5 saturated heterocycles. The number of hydrogen-bond donors (Lipinski definition) is 6. The molecular formula is C30H49F3N8O4+2. The van der Waals surface area contributed by atoms with E-state index in [4.69, 9.17) is 10.5 Å². The van der Waals surface area contributed by atoms with Crippen molar-refractivity contribution in [2.45, 2.75) is 107 Å². The van der Waals surface area contributed by atoms with Gasteiger partial charge >= 0.3 is 6.36 Å². The molecule has 6 heterocycles. The Hall–Kier alpha value is -1.95. The normalized spacial score (nSPS) is 42.9. The number of rotatable bonds is 9. The topological polar surface area (TPSA) is 128 Å². The van der Waals surface area contributed by atoms with Crippen LogP contribution in [0.15, 0.2) is 18.2 Å². The molecule has 8 rings (SSSR count). The summed E-state index contributed by atoms with van der Waals surface area (Å²) in [6.07, 6.45) is -3.73. The molecule has 6 fully saturated rings. The Kier molecular flexibility index (Phi) is 7.77. The average Bonchev–Trinajstić information content (AvgIpc) is 3.64. The molecule has 1 aromatic carbocycles. The molecule has 7 aliphatic rings. The van der Waals surface area contributed by atoms with Crippen molar-refractivity contribution in [3.05, 3.63) is 18.2 Å². The van der Waals surface area contributed by atoms with E-state index in [1.807, 2.05) is 0 Å². The number of nitrogens with two attached hydrogens (primary N) is 1. The fraction of sp³-hybridized carbons (Fsp3) is 0.800. The third-order valence-corrected chi connectivity index (χ3v) is 11.3. The number of likely N-dealkylation sites (N-methyl/N-ethyl adjacent to an activating group) is 1. The van der Waals surface area contributed by atoms with Gasteiger partial charge in [0.1, 0.15) is 38.0 Å². The number of aliphatic hydroxyl groups is 2. The molecule has 7 N–H and O–H groups in total. The van der Waals surface area contributed by atoms with Gasteiger partial charge in [-0.2, -0.15) is 4.90 Å². The number of hydrogen-bond acceptors (Lipinski definition) is 10. The fourth-order valence-electron chi connectivity index (χ4n) is 9.22. The zero-order valence-corrected chi connectivity index (χ0v) is 26.5. The molecule has 6 aliphatic heterocycles. The summed E-state index contributed by atoms with van der Waals surface area (Å²) in [5.74, 6) is 0.303. The molecule has 15 heteroatoms. The van der Waals surface area contributed by atoms with Gasteiger partial charge in [-0.25, -0.2) is 4.48 Å². The fourth-order valence-corrected chi connectivity index (χ4v) is 9.22. The first-order valence-corrected chi connectivity index (χ1v) is 16.3. The van der Waals surface area contributed by atoms with Crippen molar-refractivity contribution in [1.82, 2.24) is 15.1 Å². The lowest BCUT2D eigenvalue weighted by Gasteiger charge is -2.52. The van der Waals surface area contributed by atoms with E-state index in [-0.39, 0.29) is 36.3 Å². The molecular weight excluding hydrogens is 593 g/mol. The molecule has 8 atom stereocenters. The lowest BCUT2D eigenvalue weighted by Crippen LogP contribution is -2.78. The molecule has 0 spiro atoms. The van der Waals surface area contributed by atoms with Gasteiger partial charge in [0.2, 0.25) is 12.4 Å². The van der Waals surface area contributed by atoms with Crippen molar-refractivity contribution in [3.63, 3.8) is 0 Å². The minimum atomic E-state index is -4.72. The van der Waals surface area contributed by atoms with Crippen LogP contribution in [0.25, 0.3) is 0 Å². The molecule has 2 bridgehead atoms. The van der Waals surface area contributed by atoms with Crippen LogP contribution in [0.1, 0.15) is 39.5 Å². The van der Waals surface area contributed by atoms with Crippen molar-refractivity contribution in [2.24, 2.45) is 11.7 Å². The van der Waals surface area contributed by atoms with Crippen LogP contribution >= 0.6 is 0 Å². The first kappa shape index (κ1) is 31.6. The molecule has 45 heavy (non-hydrogen) atoms. The van der Waals surface area contributed by atoms with Gasteiger partial charge in [0.05, 0.1) is 37.8 Å². The third-order valence-electron chi connectivity index (χ3n) is 11.3. The van der Waals surface area contributed by atoms with E-state index in [1.165, 1.54) is 12.1 Å². The van der Waals surface area contributed by atoms with Crippen molar-refractivity contribution in [1.29, 1.82) is 0 Å². The second-order valence-electron chi connectivity index (χ2n) is 15.0. The monoisotopic (exact) mass is 642 g/mol. The Morgan fingerprint density at radius 2 is 1.82 bits per heavy atom. The molecule has 12 nitrogen and oxygen atoms in total. The second-order valence-corrected chi connectivity index (χ2v) is 15.0. The highest BCUT2D eigenvalue weighted by Crippen LogP contribution is 2.50. The van der Waals surface area contributed by atoms with Gasteiger partial charge in [-0.1, -0.05) is 0 Å². The van der Waals surface area contributed by atoms with Crippen LogP contribution in [0.5, 0.6) is 5.75 Å². The predicted molar refractivity (Wildman–Crippen MR) is 160 cm³/mol. The first-order valence-electron chi connectivity index (χ1n) is 16.3. The molecule has 1 aliphatic carbocycles. The van der Waals surface area contributed by atoms with Crippen LogP contribution in [0.3, 0.4) is 0 Å². The minimum Gasteiger partial charge on any atom is -0.406 e. The Labute approximate surface area is 262 Å². The van der Waals surface area contributed by atoms with E-state index >= 15 is 0 Å². The summed E-state index contributed by atoms with van der Waals surface area (Å²) in [7, 11) is 4.39. The Morgan fingerprint density at radius 3 is 2.51 bits per heavy atom. The molecule has 4 unspecified atom stereocenters. The van der Waals surface area contributed by atoms with Crippen molar-refractivity contribution < 1.29 is 41.8 Å². The standard InChI is InChI=1S/C30H49F3N8O4/c1-16(2)39(18-9-17(10-18)5-8-23-36-20-7-6-19(11-21(20)37-23)45-30(31,32)33)12-22-25(42)26(43)29(44-22)41-14-38(15-41)24-27(34)35-13-40(3,4)28(24)41/h6-7,11,16-18,22-29,35-37,42-43H,5,8-10,12-15,34H2,1-4H3/q+2/t17?,18?,22-,23?,24?,25-,26-,27?,28?,29-/m1/s1. The number of quaternary nitrogens is 2. The van der Waals surface area contributed by atoms with E-state index in [9.17, 15) is 23.4 Å². The van der Waals surface area contributed by atoms with Gasteiger partial charge in [0.15, 0.2) is 12.1 Å². The molecule has 252 valence electrons. The van der Waals surface area contributed by atoms with E-state index < -0.39 is 30.9 Å². The van der Waals surface area contributed by atoms with E-state index in [2.05, 4.69) is 58.4 Å². The predicted octanol–water partition coefficient (Wildman–Crippen LogP) is 1.14. The summed E-state index contributed by atoms with van der Waals surface area (Å²) in [5.41, 5.74) is 7.88. The van der Waals surface area contributed by atoms with Crippen LogP contribution in [-0.2, 0) is 4.74 Å². The number of ether oxygens (including phenoxy) is 2. The van der Waals surface area contributed by atoms with Gasteiger partial charge in [0.25, 0.3) is 0 Å². The highest BCUT2D eigenvalue weighted by molar-refractivity contribution is 5.75. The maximum Gasteiger partial charge on any atom is 0.573 e. The maximum absolute atomic E-state index is 12.6.